The summed E-state index contributed by atoms with van der Waals surface area (Å²) in [7, 11) is 0. The molecule has 0 bridgehead atoms. The molecular weight excluding hydrogens is 158 g/mol. The predicted octanol–water partition coefficient (Wildman–Crippen LogP) is 3.16. The molecule has 0 saturated carbocycles. The zero-order valence-electron chi connectivity index (χ0n) is 6.48. The van der Waals surface area contributed by atoms with Gasteiger partial charge in [-0.1, -0.05) is 19.2 Å². The summed E-state index contributed by atoms with van der Waals surface area (Å²) in [5.41, 5.74) is 0.735. The lowest BCUT2D eigenvalue weighted by Crippen LogP contribution is -1.87. The van der Waals surface area contributed by atoms with E-state index in [1.54, 1.807) is 0 Å². The molecule has 0 radical (unpaired) electrons. The molecule has 0 spiro atoms. The fourth-order valence-electron chi connectivity index (χ4n) is 0.860. The van der Waals surface area contributed by atoms with Gasteiger partial charge in [0.2, 0.25) is 0 Å². The Bertz CT molecular complexity index is 327. The summed E-state index contributed by atoms with van der Waals surface area (Å²) in [4.78, 5) is 0. The Kier molecular flexibility index (Phi) is 2.38. The van der Waals surface area contributed by atoms with Crippen LogP contribution in [0.2, 0.25) is 0 Å². The van der Waals surface area contributed by atoms with E-state index in [1.807, 2.05) is 0 Å². The molecule has 62 valence electrons. The average molecular weight is 166 g/mol. The minimum absolute atomic E-state index is 0.284. The van der Waals surface area contributed by atoms with E-state index in [4.69, 9.17) is 0 Å². The van der Waals surface area contributed by atoms with Gasteiger partial charge in [0.05, 0.1) is 0 Å². The zero-order valence-corrected chi connectivity index (χ0v) is 6.48. The first kappa shape index (κ1) is 8.65. The monoisotopic (exact) mass is 166 g/mol. The molecule has 1 aromatic carbocycles. The molecule has 0 nitrogen and oxygen atoms in total. The van der Waals surface area contributed by atoms with Crippen LogP contribution in [0.1, 0.15) is 5.56 Å². The Morgan fingerprint density at radius 1 is 1.33 bits per heavy atom. The van der Waals surface area contributed by atoms with E-state index in [0.717, 1.165) is 6.07 Å². The van der Waals surface area contributed by atoms with Crippen molar-refractivity contribution in [1.29, 1.82) is 0 Å². The average Bonchev–Trinajstić information content (AvgIpc) is 2.03. The van der Waals surface area contributed by atoms with Crippen LogP contribution in [-0.2, 0) is 0 Å². The first-order valence-electron chi connectivity index (χ1n) is 3.42. The van der Waals surface area contributed by atoms with Crippen LogP contribution in [0, 0.1) is 11.6 Å². The normalized spacial score (nSPS) is 9.50. The van der Waals surface area contributed by atoms with E-state index in [2.05, 4.69) is 13.2 Å². The molecule has 2 heteroatoms. The lowest BCUT2D eigenvalue weighted by molar-refractivity contribution is 0.581. The molecule has 1 rings (SSSR count). The van der Waals surface area contributed by atoms with Crippen molar-refractivity contribution in [2.75, 3.05) is 0 Å². The van der Waals surface area contributed by atoms with E-state index < -0.39 is 11.6 Å². The fraction of sp³-hybridized carbons (Fsp3) is 0. The molecule has 0 fully saturated rings. The van der Waals surface area contributed by atoms with Crippen molar-refractivity contribution < 1.29 is 8.78 Å². The Labute approximate surface area is 69.8 Å². The van der Waals surface area contributed by atoms with Gasteiger partial charge in [-0.15, -0.1) is 0 Å². The summed E-state index contributed by atoms with van der Waals surface area (Å²) in [5, 5.41) is 0. The topological polar surface area (TPSA) is 0 Å². The van der Waals surface area contributed by atoms with Gasteiger partial charge in [-0.3, -0.25) is 0 Å². The predicted molar refractivity (Wildman–Crippen MR) is 45.6 cm³/mol. The van der Waals surface area contributed by atoms with Gasteiger partial charge < -0.3 is 0 Å². The largest absolute Gasteiger partial charge is 0.207 e. The Balaban J connectivity index is 3.18. The van der Waals surface area contributed by atoms with E-state index in [1.165, 1.54) is 18.2 Å². The van der Waals surface area contributed by atoms with E-state index >= 15 is 0 Å². The highest BCUT2D eigenvalue weighted by molar-refractivity contribution is 5.71. The molecule has 0 heterocycles. The number of allylic oxidation sites excluding steroid dienone is 2. The van der Waals surface area contributed by atoms with Gasteiger partial charge in [-0.05, 0) is 17.7 Å². The van der Waals surface area contributed by atoms with Crippen LogP contribution in [0.4, 0.5) is 8.78 Å². The first-order chi connectivity index (χ1) is 5.65. The van der Waals surface area contributed by atoms with Gasteiger partial charge in [0.25, 0.3) is 0 Å². The Morgan fingerprint density at radius 3 is 2.50 bits per heavy atom. The van der Waals surface area contributed by atoms with E-state index in [9.17, 15) is 8.78 Å². The summed E-state index contributed by atoms with van der Waals surface area (Å²) >= 11 is 0. The van der Waals surface area contributed by atoms with Crippen LogP contribution in [-0.4, -0.2) is 0 Å². The van der Waals surface area contributed by atoms with Crippen molar-refractivity contribution in [3.05, 3.63) is 54.6 Å². The molecule has 0 aromatic heterocycles. The van der Waals surface area contributed by atoms with Crippen LogP contribution < -0.4 is 0 Å². The van der Waals surface area contributed by atoms with Crippen LogP contribution >= 0.6 is 0 Å². The second-order valence-corrected chi connectivity index (χ2v) is 2.35. The second kappa shape index (κ2) is 3.30. The Morgan fingerprint density at radius 2 is 2.00 bits per heavy atom. The number of rotatable bonds is 2. The molecule has 0 aliphatic carbocycles. The van der Waals surface area contributed by atoms with Crippen molar-refractivity contribution in [3.63, 3.8) is 0 Å². The highest BCUT2D eigenvalue weighted by Crippen LogP contribution is 2.17. The van der Waals surface area contributed by atoms with Crippen molar-refractivity contribution in [2.24, 2.45) is 0 Å². The molecule has 0 atom stereocenters. The highest BCUT2D eigenvalue weighted by atomic mass is 19.1. The molecule has 0 unspecified atom stereocenters. The molecule has 0 aliphatic heterocycles. The molecule has 0 aliphatic rings. The maximum Gasteiger partial charge on any atom is 0.133 e. The zero-order chi connectivity index (χ0) is 9.14. The molecule has 12 heavy (non-hydrogen) atoms. The third-order valence-corrected chi connectivity index (χ3v) is 1.52. The van der Waals surface area contributed by atoms with Crippen LogP contribution in [0.15, 0.2) is 37.4 Å². The molecule has 0 amide bonds. The van der Waals surface area contributed by atoms with Crippen LogP contribution in [0.25, 0.3) is 5.57 Å². The standard InChI is InChI=1S/C10H8F2/c1-3-7(2)9-5-4-8(11)6-10(9)12/h3-6H,1-2H2. The third kappa shape index (κ3) is 1.59. The van der Waals surface area contributed by atoms with Gasteiger partial charge >= 0.3 is 0 Å². The maximum atomic E-state index is 12.9. The second-order valence-electron chi connectivity index (χ2n) is 2.35. The summed E-state index contributed by atoms with van der Waals surface area (Å²) in [6, 6.07) is 3.35. The fourth-order valence-corrected chi connectivity index (χ4v) is 0.860. The minimum atomic E-state index is -0.611. The minimum Gasteiger partial charge on any atom is -0.207 e. The lowest BCUT2D eigenvalue weighted by atomic mass is 10.1. The van der Waals surface area contributed by atoms with Crippen molar-refractivity contribution >= 4 is 5.57 Å². The smallest absolute Gasteiger partial charge is 0.133 e. The first-order valence-corrected chi connectivity index (χ1v) is 3.42. The summed E-state index contributed by atoms with van der Waals surface area (Å²) < 4.78 is 25.4. The van der Waals surface area contributed by atoms with Gasteiger partial charge in [-0.25, -0.2) is 8.78 Å². The van der Waals surface area contributed by atoms with E-state index in [-0.39, 0.29) is 5.56 Å². The number of benzene rings is 1. The Hall–Kier alpha value is -1.44. The third-order valence-electron chi connectivity index (χ3n) is 1.52. The van der Waals surface area contributed by atoms with Gasteiger partial charge in [0, 0.05) is 11.6 Å². The quantitative estimate of drug-likeness (QED) is 0.592. The van der Waals surface area contributed by atoms with Crippen molar-refractivity contribution in [3.8, 4) is 0 Å². The molecule has 1 aromatic rings. The summed E-state index contributed by atoms with van der Waals surface area (Å²) in [5.74, 6) is -1.20. The van der Waals surface area contributed by atoms with Crippen molar-refractivity contribution in [1.82, 2.24) is 0 Å². The molecule has 0 saturated heterocycles. The van der Waals surface area contributed by atoms with E-state index in [0.29, 0.717) is 5.57 Å². The van der Waals surface area contributed by atoms with Gasteiger partial charge in [-0.2, -0.15) is 0 Å². The molecule has 0 N–H and O–H groups in total. The maximum absolute atomic E-state index is 12.9. The van der Waals surface area contributed by atoms with Crippen LogP contribution in [0.5, 0.6) is 0 Å². The number of halogens is 2. The highest BCUT2D eigenvalue weighted by Gasteiger charge is 2.03. The SMILES string of the molecule is C=CC(=C)c1ccc(F)cc1F. The summed E-state index contributed by atoms with van der Waals surface area (Å²) in [6.45, 7) is 6.99. The van der Waals surface area contributed by atoms with Crippen LogP contribution in [0.3, 0.4) is 0 Å². The van der Waals surface area contributed by atoms with Gasteiger partial charge in [0.15, 0.2) is 0 Å². The number of hydrogen-bond acceptors (Lipinski definition) is 0. The number of hydrogen-bond donors (Lipinski definition) is 0. The van der Waals surface area contributed by atoms with Gasteiger partial charge in [0.1, 0.15) is 11.6 Å². The summed E-state index contributed by atoms with van der Waals surface area (Å²) in [6.07, 6.45) is 1.43. The molecular formula is C10H8F2. The lowest BCUT2D eigenvalue weighted by Gasteiger charge is -2.01. The van der Waals surface area contributed by atoms with Crippen molar-refractivity contribution in [2.45, 2.75) is 0 Å².